The van der Waals surface area contributed by atoms with Crippen LogP contribution in [0.25, 0.3) is 5.69 Å². The molecular formula is C19H27N5O3S. The van der Waals surface area contributed by atoms with Crippen molar-refractivity contribution in [1.29, 1.82) is 0 Å². The van der Waals surface area contributed by atoms with Gasteiger partial charge >= 0.3 is 0 Å². The molecule has 2 N–H and O–H groups in total. The van der Waals surface area contributed by atoms with E-state index in [1.165, 1.54) is 0 Å². The zero-order valence-electron chi connectivity index (χ0n) is 16.7. The van der Waals surface area contributed by atoms with Crippen LogP contribution in [-0.4, -0.2) is 59.4 Å². The number of benzene rings is 1. The fraction of sp³-hybridized carbons (Fsp3) is 0.474. The highest BCUT2D eigenvalue weighted by molar-refractivity contribution is 7.97. The summed E-state index contributed by atoms with van der Waals surface area (Å²) in [6, 6.07) is 6.97. The van der Waals surface area contributed by atoms with E-state index < -0.39 is 0 Å². The Bertz CT molecular complexity index is 791. The van der Waals surface area contributed by atoms with E-state index in [9.17, 15) is 9.59 Å². The van der Waals surface area contributed by atoms with Gasteiger partial charge in [-0.15, -0.1) is 5.10 Å². The molecule has 0 radical (unpaired) electrons. The van der Waals surface area contributed by atoms with Crippen molar-refractivity contribution in [2.45, 2.75) is 32.1 Å². The zero-order valence-corrected chi connectivity index (χ0v) is 17.5. The molecule has 9 heteroatoms. The Morgan fingerprint density at radius 2 is 1.93 bits per heavy atom. The topological polar surface area (TPSA) is 98.1 Å². The number of carbonyl (C=O) groups excluding carboxylic acids is 2. The molecule has 28 heavy (non-hydrogen) atoms. The van der Waals surface area contributed by atoms with Crippen molar-refractivity contribution < 1.29 is 14.3 Å². The minimum Gasteiger partial charge on any atom is -0.383 e. The summed E-state index contributed by atoms with van der Waals surface area (Å²) in [6.07, 6.45) is 2.71. The van der Waals surface area contributed by atoms with Gasteiger partial charge in [0.05, 0.1) is 24.0 Å². The van der Waals surface area contributed by atoms with E-state index >= 15 is 0 Å². The van der Waals surface area contributed by atoms with Gasteiger partial charge in [-0.1, -0.05) is 12.1 Å². The molecule has 0 saturated carbocycles. The number of methoxy groups -OCH3 is 1. The lowest BCUT2D eigenvalue weighted by molar-refractivity contribution is 0.0888. The Morgan fingerprint density at radius 3 is 2.50 bits per heavy atom. The van der Waals surface area contributed by atoms with Crippen molar-refractivity contribution in [2.24, 2.45) is 0 Å². The summed E-state index contributed by atoms with van der Waals surface area (Å²) >= 11 is 1.58. The molecule has 1 aromatic heterocycles. The first kappa shape index (κ1) is 21.9. The molecule has 1 atom stereocenters. The smallest absolute Gasteiger partial charge is 0.274 e. The van der Waals surface area contributed by atoms with Crippen LogP contribution >= 0.6 is 11.8 Å². The standard InChI is InChI=1S/C19H27N5O3S/c1-5-14(11-27-3)21-19(26)17-16(12-28-4)24(23-22-17)15-9-7-13(8-10-15)18(25)20-6-2/h7-10,14H,5-6,11-12H2,1-4H3,(H,20,25)(H,21,26). The Kier molecular flexibility index (Phi) is 8.46. The van der Waals surface area contributed by atoms with Crippen molar-refractivity contribution >= 4 is 23.6 Å². The summed E-state index contributed by atoms with van der Waals surface area (Å²) in [5.41, 5.74) is 2.33. The van der Waals surface area contributed by atoms with Crippen molar-refractivity contribution in [3.05, 3.63) is 41.2 Å². The zero-order chi connectivity index (χ0) is 20.5. The molecule has 2 amide bonds. The van der Waals surface area contributed by atoms with Gasteiger partial charge in [-0.25, -0.2) is 4.68 Å². The molecule has 2 aromatic rings. The van der Waals surface area contributed by atoms with E-state index in [0.717, 1.165) is 12.1 Å². The summed E-state index contributed by atoms with van der Waals surface area (Å²) in [6.45, 7) is 4.87. The van der Waals surface area contributed by atoms with Gasteiger partial charge in [0.25, 0.3) is 11.8 Å². The number of thioether (sulfide) groups is 1. The number of ether oxygens (including phenoxy) is 1. The highest BCUT2D eigenvalue weighted by atomic mass is 32.2. The van der Waals surface area contributed by atoms with Gasteiger partial charge in [0.1, 0.15) is 0 Å². The van der Waals surface area contributed by atoms with Gasteiger partial charge in [0, 0.05) is 25.0 Å². The van der Waals surface area contributed by atoms with E-state index in [4.69, 9.17) is 4.74 Å². The second-order valence-corrected chi connectivity index (χ2v) is 7.04. The van der Waals surface area contributed by atoms with E-state index in [1.54, 1.807) is 47.8 Å². The third kappa shape index (κ3) is 5.32. The van der Waals surface area contributed by atoms with Crippen LogP contribution in [0.5, 0.6) is 0 Å². The molecule has 0 saturated heterocycles. The number of hydrogen-bond acceptors (Lipinski definition) is 6. The van der Waals surface area contributed by atoms with E-state index in [0.29, 0.717) is 35.9 Å². The molecule has 0 aliphatic rings. The Balaban J connectivity index is 2.28. The van der Waals surface area contributed by atoms with Crippen LogP contribution in [0.3, 0.4) is 0 Å². The Morgan fingerprint density at radius 1 is 1.21 bits per heavy atom. The molecule has 1 heterocycles. The predicted octanol–water partition coefficient (Wildman–Crippen LogP) is 2.03. The van der Waals surface area contributed by atoms with Crippen LogP contribution in [0.4, 0.5) is 0 Å². The lowest BCUT2D eigenvalue weighted by atomic mass is 10.2. The number of hydrogen-bond donors (Lipinski definition) is 2. The van der Waals surface area contributed by atoms with Crippen molar-refractivity contribution in [2.75, 3.05) is 26.5 Å². The SMILES string of the molecule is CCNC(=O)c1ccc(-n2nnc(C(=O)NC(CC)COC)c2CSC)cc1. The fourth-order valence-corrected chi connectivity index (χ4v) is 3.22. The number of rotatable bonds is 10. The highest BCUT2D eigenvalue weighted by Gasteiger charge is 2.22. The maximum Gasteiger partial charge on any atom is 0.274 e. The molecule has 0 spiro atoms. The first-order valence-electron chi connectivity index (χ1n) is 9.17. The maximum atomic E-state index is 12.7. The molecular weight excluding hydrogens is 378 g/mol. The van der Waals surface area contributed by atoms with Crippen molar-refractivity contribution in [3.63, 3.8) is 0 Å². The normalized spacial score (nSPS) is 11.9. The summed E-state index contributed by atoms with van der Waals surface area (Å²) in [7, 11) is 1.61. The molecule has 152 valence electrons. The molecule has 0 fully saturated rings. The summed E-state index contributed by atoms with van der Waals surface area (Å²) in [5.74, 6) is 0.188. The first-order chi connectivity index (χ1) is 13.5. The molecule has 0 aliphatic carbocycles. The predicted molar refractivity (Wildman–Crippen MR) is 110 cm³/mol. The van der Waals surface area contributed by atoms with E-state index in [2.05, 4.69) is 20.9 Å². The van der Waals surface area contributed by atoms with Gasteiger partial charge in [0.15, 0.2) is 5.69 Å². The average molecular weight is 406 g/mol. The molecule has 8 nitrogen and oxygen atoms in total. The lowest BCUT2D eigenvalue weighted by Crippen LogP contribution is -2.38. The summed E-state index contributed by atoms with van der Waals surface area (Å²) < 4.78 is 6.78. The van der Waals surface area contributed by atoms with Crippen LogP contribution < -0.4 is 10.6 Å². The van der Waals surface area contributed by atoms with E-state index in [-0.39, 0.29) is 17.9 Å². The first-order valence-corrected chi connectivity index (χ1v) is 10.6. The van der Waals surface area contributed by atoms with E-state index in [1.807, 2.05) is 20.1 Å². The monoisotopic (exact) mass is 405 g/mol. The van der Waals surface area contributed by atoms with Crippen LogP contribution in [0.1, 0.15) is 46.8 Å². The summed E-state index contributed by atoms with van der Waals surface area (Å²) in [5, 5.41) is 14.0. The third-order valence-corrected chi connectivity index (χ3v) is 4.73. The second-order valence-electron chi connectivity index (χ2n) is 6.17. The van der Waals surface area contributed by atoms with Crippen molar-refractivity contribution in [3.8, 4) is 5.69 Å². The lowest BCUT2D eigenvalue weighted by Gasteiger charge is -2.15. The number of carbonyl (C=O) groups is 2. The van der Waals surface area contributed by atoms with Crippen molar-refractivity contribution in [1.82, 2.24) is 25.6 Å². The van der Waals surface area contributed by atoms with Gasteiger partial charge < -0.3 is 15.4 Å². The number of nitrogens with zero attached hydrogens (tertiary/aromatic N) is 3. The largest absolute Gasteiger partial charge is 0.383 e. The minimum atomic E-state index is -0.266. The van der Waals surface area contributed by atoms with Gasteiger partial charge in [-0.05, 0) is 43.9 Å². The van der Waals surface area contributed by atoms with Crippen LogP contribution in [0.2, 0.25) is 0 Å². The molecule has 0 aliphatic heterocycles. The molecule has 2 rings (SSSR count). The Hall–Kier alpha value is -2.39. The van der Waals surface area contributed by atoms with Gasteiger partial charge in [-0.3, -0.25) is 9.59 Å². The minimum absolute atomic E-state index is 0.0823. The number of amides is 2. The van der Waals surface area contributed by atoms with Crippen LogP contribution in [0, 0.1) is 0 Å². The number of aromatic nitrogens is 3. The van der Waals surface area contributed by atoms with Crippen LogP contribution in [-0.2, 0) is 10.5 Å². The third-order valence-electron chi connectivity index (χ3n) is 4.17. The molecule has 1 unspecified atom stereocenters. The summed E-state index contributed by atoms with van der Waals surface area (Å²) in [4.78, 5) is 24.6. The quantitative estimate of drug-likeness (QED) is 0.628. The highest BCUT2D eigenvalue weighted by Crippen LogP contribution is 2.18. The second kappa shape index (κ2) is 10.8. The fourth-order valence-electron chi connectivity index (χ4n) is 2.68. The Labute approximate surface area is 169 Å². The number of nitrogens with one attached hydrogen (secondary N) is 2. The van der Waals surface area contributed by atoms with Crippen LogP contribution in [0.15, 0.2) is 24.3 Å². The van der Waals surface area contributed by atoms with Gasteiger partial charge in [0.2, 0.25) is 0 Å². The molecule has 1 aromatic carbocycles. The molecule has 0 bridgehead atoms. The van der Waals surface area contributed by atoms with Gasteiger partial charge in [-0.2, -0.15) is 11.8 Å². The average Bonchev–Trinajstić information content (AvgIpc) is 3.12. The maximum absolute atomic E-state index is 12.7.